The van der Waals surface area contributed by atoms with Crippen LogP contribution in [0.25, 0.3) is 0 Å². The van der Waals surface area contributed by atoms with E-state index in [1.54, 1.807) is 19.4 Å². The fourth-order valence-corrected chi connectivity index (χ4v) is 6.53. The van der Waals surface area contributed by atoms with Crippen LogP contribution in [0.5, 0.6) is 0 Å². The maximum absolute atomic E-state index is 14.0. The highest BCUT2D eigenvalue weighted by atomic mass is 16.6. The van der Waals surface area contributed by atoms with Crippen molar-refractivity contribution in [1.29, 1.82) is 0 Å². The van der Waals surface area contributed by atoms with Crippen LogP contribution in [0.2, 0.25) is 0 Å². The van der Waals surface area contributed by atoms with Gasteiger partial charge < -0.3 is 9.30 Å². The smallest absolute Gasteiger partial charge is 0.416 e. The summed E-state index contributed by atoms with van der Waals surface area (Å²) in [6.07, 6.45) is 3.16. The van der Waals surface area contributed by atoms with Crippen molar-refractivity contribution in [2.45, 2.75) is 30.8 Å². The molecule has 0 radical (unpaired) electrons. The van der Waals surface area contributed by atoms with Gasteiger partial charge in [-0.2, -0.15) is 0 Å². The number of ether oxygens (including phenoxy) is 1. The Bertz CT molecular complexity index is 1700. The molecule has 1 aliphatic heterocycles. The van der Waals surface area contributed by atoms with Crippen LogP contribution in [0.15, 0.2) is 134 Å². The Balaban J connectivity index is 1.41. The number of benzene rings is 4. The second kappa shape index (κ2) is 13.2. The predicted octanol–water partition coefficient (Wildman–Crippen LogP) is 6.31. The molecular formula is C37H34N4O5. The summed E-state index contributed by atoms with van der Waals surface area (Å²) in [5.74, 6) is -2.36. The van der Waals surface area contributed by atoms with Crippen LogP contribution in [0, 0.1) is 16.0 Å². The highest BCUT2D eigenvalue weighted by Gasteiger charge is 2.44. The largest absolute Gasteiger partial charge is 0.447 e. The summed E-state index contributed by atoms with van der Waals surface area (Å²) in [6, 6.07) is 39.0. The summed E-state index contributed by atoms with van der Waals surface area (Å²) in [7, 11) is 0. The lowest BCUT2D eigenvalue weighted by molar-refractivity contribution is -0.484. The number of hydrogen-bond acceptors (Lipinski definition) is 6. The van der Waals surface area contributed by atoms with E-state index in [1.807, 2.05) is 126 Å². The number of imide groups is 1. The van der Waals surface area contributed by atoms with Crippen molar-refractivity contribution in [2.24, 2.45) is 5.92 Å². The molecule has 0 N–H and O–H groups in total. The van der Waals surface area contributed by atoms with Crippen molar-refractivity contribution in [3.8, 4) is 0 Å². The molecule has 1 aromatic heterocycles. The zero-order valence-electron chi connectivity index (χ0n) is 25.4. The quantitative estimate of drug-likeness (QED) is 0.0981. The van der Waals surface area contributed by atoms with Crippen LogP contribution in [0.3, 0.4) is 0 Å². The maximum atomic E-state index is 14.0. The Morgan fingerprint density at radius 2 is 1.39 bits per heavy atom. The molecule has 5 aromatic rings. The summed E-state index contributed by atoms with van der Waals surface area (Å²) in [5, 5.41) is 12.0. The fraction of sp³-hybridized carbons (Fsp3) is 0.216. The van der Waals surface area contributed by atoms with E-state index in [1.165, 1.54) is 0 Å². The summed E-state index contributed by atoms with van der Waals surface area (Å²) in [5.41, 5.74) is 3.37. The number of cyclic esters (lactones) is 1. The van der Waals surface area contributed by atoms with Gasteiger partial charge >= 0.3 is 6.09 Å². The predicted molar refractivity (Wildman–Crippen MR) is 173 cm³/mol. The van der Waals surface area contributed by atoms with Gasteiger partial charge in [0.05, 0.1) is 29.9 Å². The standard InChI is InChI=1S/C37H34N4O5/c1-27(35(42)41-32(25-46-36(41)43)22-28-14-6-2-7-15-28)33(23-40(44)45)34-24-39(26-38-34)37(29-16-8-3-9-17-29,30-18-10-4-11-19-30)31-20-12-5-13-21-31/h2-21,24,26-27,32-33H,22-23,25H2,1H3/t27-,32+,33+/m1/s1. The van der Waals surface area contributed by atoms with Gasteiger partial charge in [0.25, 0.3) is 0 Å². The summed E-state index contributed by atoms with van der Waals surface area (Å²) in [6.45, 7) is 1.15. The number of nitro groups is 1. The van der Waals surface area contributed by atoms with Crippen LogP contribution in [0.4, 0.5) is 4.79 Å². The van der Waals surface area contributed by atoms with Gasteiger partial charge in [0.1, 0.15) is 12.1 Å². The fourth-order valence-electron chi connectivity index (χ4n) is 6.53. The Morgan fingerprint density at radius 1 is 0.891 bits per heavy atom. The first-order valence-corrected chi connectivity index (χ1v) is 15.3. The zero-order valence-corrected chi connectivity index (χ0v) is 25.4. The number of imidazole rings is 1. The van der Waals surface area contributed by atoms with E-state index in [0.29, 0.717) is 12.1 Å². The van der Waals surface area contributed by atoms with Gasteiger partial charge in [-0.1, -0.05) is 128 Å². The number of amides is 2. The summed E-state index contributed by atoms with van der Waals surface area (Å²) < 4.78 is 7.26. The van der Waals surface area contributed by atoms with E-state index in [9.17, 15) is 19.7 Å². The molecule has 1 saturated heterocycles. The van der Waals surface area contributed by atoms with Crippen LogP contribution >= 0.6 is 0 Å². The third-order valence-electron chi connectivity index (χ3n) is 8.80. The summed E-state index contributed by atoms with van der Waals surface area (Å²) >= 11 is 0. The van der Waals surface area contributed by atoms with Gasteiger partial charge in [0, 0.05) is 11.1 Å². The van der Waals surface area contributed by atoms with Gasteiger partial charge in [-0.25, -0.2) is 14.7 Å². The molecule has 1 aliphatic rings. The lowest BCUT2D eigenvalue weighted by Crippen LogP contribution is -2.45. The molecule has 0 unspecified atom stereocenters. The van der Waals surface area contributed by atoms with Gasteiger partial charge in [-0.3, -0.25) is 14.9 Å². The number of carbonyl (C=O) groups excluding carboxylic acids is 2. The van der Waals surface area contributed by atoms with Crippen molar-refractivity contribution in [1.82, 2.24) is 14.5 Å². The Kier molecular flexibility index (Phi) is 8.74. The van der Waals surface area contributed by atoms with Crippen molar-refractivity contribution in [3.05, 3.63) is 172 Å². The molecule has 232 valence electrons. The Hall–Kier alpha value is -5.57. The minimum atomic E-state index is -0.933. The molecule has 46 heavy (non-hydrogen) atoms. The first-order chi connectivity index (χ1) is 22.4. The number of hydrogen-bond donors (Lipinski definition) is 0. The number of aromatic nitrogens is 2. The lowest BCUT2D eigenvalue weighted by Gasteiger charge is -2.37. The normalized spacial score (nSPS) is 16.1. The lowest BCUT2D eigenvalue weighted by atomic mass is 9.76. The van der Waals surface area contributed by atoms with E-state index < -0.39 is 46.9 Å². The van der Waals surface area contributed by atoms with E-state index in [0.717, 1.165) is 27.2 Å². The zero-order chi connectivity index (χ0) is 32.1. The van der Waals surface area contributed by atoms with E-state index >= 15 is 0 Å². The summed E-state index contributed by atoms with van der Waals surface area (Å²) in [4.78, 5) is 44.3. The second-order valence-electron chi connectivity index (χ2n) is 11.6. The van der Waals surface area contributed by atoms with E-state index in [-0.39, 0.29) is 6.61 Å². The van der Waals surface area contributed by atoms with Crippen molar-refractivity contribution >= 4 is 12.0 Å². The van der Waals surface area contributed by atoms with Gasteiger partial charge in [0.15, 0.2) is 0 Å². The third kappa shape index (κ3) is 5.79. The second-order valence-corrected chi connectivity index (χ2v) is 11.6. The molecule has 1 fully saturated rings. The molecular weight excluding hydrogens is 580 g/mol. The van der Waals surface area contributed by atoms with Crippen molar-refractivity contribution in [2.75, 3.05) is 13.2 Å². The monoisotopic (exact) mass is 614 g/mol. The van der Waals surface area contributed by atoms with Crippen LogP contribution in [0.1, 0.15) is 40.8 Å². The average Bonchev–Trinajstić information content (AvgIpc) is 3.72. The molecule has 9 nitrogen and oxygen atoms in total. The topological polar surface area (TPSA) is 108 Å². The van der Waals surface area contributed by atoms with E-state index in [2.05, 4.69) is 0 Å². The minimum absolute atomic E-state index is 0.0640. The third-order valence-corrected chi connectivity index (χ3v) is 8.80. The molecule has 6 rings (SSSR count). The molecule has 0 saturated carbocycles. The maximum Gasteiger partial charge on any atom is 0.416 e. The van der Waals surface area contributed by atoms with Crippen LogP contribution < -0.4 is 0 Å². The van der Waals surface area contributed by atoms with Crippen molar-refractivity contribution in [3.63, 3.8) is 0 Å². The van der Waals surface area contributed by atoms with Crippen molar-refractivity contribution < 1.29 is 19.2 Å². The Labute approximate surface area is 267 Å². The van der Waals surface area contributed by atoms with Gasteiger partial charge in [-0.05, 0) is 28.7 Å². The highest BCUT2D eigenvalue weighted by Crippen LogP contribution is 2.41. The first-order valence-electron chi connectivity index (χ1n) is 15.3. The van der Waals surface area contributed by atoms with E-state index in [4.69, 9.17) is 9.72 Å². The molecule has 0 aliphatic carbocycles. The molecule has 4 aromatic carbocycles. The van der Waals surface area contributed by atoms with Gasteiger partial charge in [0.2, 0.25) is 12.5 Å². The highest BCUT2D eigenvalue weighted by molar-refractivity contribution is 5.95. The molecule has 3 atom stereocenters. The number of rotatable bonds is 11. The Morgan fingerprint density at radius 3 is 1.89 bits per heavy atom. The number of nitrogens with zero attached hydrogens (tertiary/aromatic N) is 4. The van der Waals surface area contributed by atoms with Crippen LogP contribution in [-0.2, 0) is 21.5 Å². The molecule has 0 spiro atoms. The molecule has 9 heteroatoms. The van der Waals surface area contributed by atoms with Gasteiger partial charge in [-0.15, -0.1) is 0 Å². The van der Waals surface area contributed by atoms with Crippen LogP contribution in [-0.4, -0.2) is 50.6 Å². The molecule has 2 amide bonds. The first kappa shape index (κ1) is 30.5. The number of carbonyl (C=O) groups is 2. The SMILES string of the molecule is C[C@@H](C(=O)N1C(=O)OC[C@@H]1Cc1ccccc1)[C@H](C[N+](=O)[O-])c1cn(C(c2ccccc2)(c2ccccc2)c2ccccc2)cn1. The molecule has 2 heterocycles. The average molecular weight is 615 g/mol. The minimum Gasteiger partial charge on any atom is -0.447 e. The molecule has 0 bridgehead atoms.